The molecule has 1 N–H and O–H groups in total. The maximum absolute atomic E-state index is 12.1. The number of carbonyl (C=O) groups is 3. The summed E-state index contributed by atoms with van der Waals surface area (Å²) in [6.45, 7) is 1.55. The minimum atomic E-state index is -0.467. The number of hydrogen-bond acceptors (Lipinski definition) is 4. The van der Waals surface area contributed by atoms with Crippen LogP contribution in [-0.2, 0) is 4.79 Å². The summed E-state index contributed by atoms with van der Waals surface area (Å²) in [7, 11) is 0. The van der Waals surface area contributed by atoms with Crippen LogP contribution in [0.5, 0.6) is 0 Å². The Balaban J connectivity index is 1.71. The quantitative estimate of drug-likeness (QED) is 0.873. The highest BCUT2D eigenvalue weighted by Crippen LogP contribution is 2.22. The van der Waals surface area contributed by atoms with E-state index in [1.807, 2.05) is 13.0 Å². The van der Waals surface area contributed by atoms with Crippen molar-refractivity contribution in [2.24, 2.45) is 0 Å². The van der Waals surface area contributed by atoms with Gasteiger partial charge in [-0.05, 0) is 30.7 Å². The summed E-state index contributed by atoms with van der Waals surface area (Å²) >= 11 is 0. The van der Waals surface area contributed by atoms with Gasteiger partial charge in [-0.2, -0.15) is 0 Å². The SMILES string of the molecule is Cc1ccc(NC(=O)CN2C(=O)c3ccccc3C2=O)nc1. The van der Waals surface area contributed by atoms with E-state index in [0.29, 0.717) is 16.9 Å². The lowest BCUT2D eigenvalue weighted by Crippen LogP contribution is -2.37. The molecule has 1 aliphatic heterocycles. The van der Waals surface area contributed by atoms with Crippen LogP contribution in [0.2, 0.25) is 0 Å². The van der Waals surface area contributed by atoms with Crippen molar-refractivity contribution < 1.29 is 14.4 Å². The average Bonchev–Trinajstić information content (AvgIpc) is 2.75. The van der Waals surface area contributed by atoms with Gasteiger partial charge in [-0.15, -0.1) is 0 Å². The van der Waals surface area contributed by atoms with Gasteiger partial charge in [0.25, 0.3) is 11.8 Å². The lowest BCUT2D eigenvalue weighted by Gasteiger charge is -2.13. The van der Waals surface area contributed by atoms with Gasteiger partial charge >= 0.3 is 0 Å². The molecule has 0 bridgehead atoms. The normalized spacial score (nSPS) is 13.2. The number of amides is 3. The third kappa shape index (κ3) is 2.46. The molecule has 0 radical (unpaired) electrons. The van der Waals surface area contributed by atoms with Crippen molar-refractivity contribution in [3.05, 3.63) is 59.3 Å². The first-order valence-corrected chi connectivity index (χ1v) is 6.74. The van der Waals surface area contributed by atoms with Crippen molar-refractivity contribution in [2.45, 2.75) is 6.92 Å². The van der Waals surface area contributed by atoms with E-state index in [1.165, 1.54) is 0 Å². The van der Waals surface area contributed by atoms with Crippen LogP contribution >= 0.6 is 0 Å². The van der Waals surface area contributed by atoms with E-state index in [0.717, 1.165) is 10.5 Å². The summed E-state index contributed by atoms with van der Waals surface area (Å²) in [5.74, 6) is -0.988. The van der Waals surface area contributed by atoms with E-state index in [9.17, 15) is 14.4 Å². The number of nitrogens with zero attached hydrogens (tertiary/aromatic N) is 2. The molecule has 0 unspecified atom stereocenters. The number of benzene rings is 1. The maximum atomic E-state index is 12.1. The maximum Gasteiger partial charge on any atom is 0.262 e. The zero-order valence-corrected chi connectivity index (χ0v) is 11.9. The molecule has 1 aromatic carbocycles. The zero-order valence-electron chi connectivity index (χ0n) is 11.9. The molecule has 0 saturated heterocycles. The second kappa shape index (κ2) is 5.40. The van der Waals surface area contributed by atoms with E-state index >= 15 is 0 Å². The predicted molar refractivity (Wildman–Crippen MR) is 79.4 cm³/mol. The second-order valence-electron chi connectivity index (χ2n) is 5.01. The number of aryl methyl sites for hydroxylation is 1. The van der Waals surface area contributed by atoms with Crippen LogP contribution in [0.4, 0.5) is 5.82 Å². The van der Waals surface area contributed by atoms with Gasteiger partial charge in [0.05, 0.1) is 11.1 Å². The van der Waals surface area contributed by atoms with Crippen LogP contribution in [0.3, 0.4) is 0 Å². The number of anilines is 1. The summed E-state index contributed by atoms with van der Waals surface area (Å²) in [6.07, 6.45) is 1.62. The minimum absolute atomic E-state index is 0.328. The van der Waals surface area contributed by atoms with Crippen LogP contribution in [0, 0.1) is 6.92 Å². The smallest absolute Gasteiger partial charge is 0.262 e. The largest absolute Gasteiger partial charge is 0.309 e. The van der Waals surface area contributed by atoms with E-state index in [4.69, 9.17) is 0 Å². The van der Waals surface area contributed by atoms with Gasteiger partial charge in [0.1, 0.15) is 12.4 Å². The highest BCUT2D eigenvalue weighted by molar-refractivity contribution is 6.22. The van der Waals surface area contributed by atoms with Crippen molar-refractivity contribution >= 4 is 23.5 Å². The molecule has 2 aromatic rings. The number of hydrogen-bond donors (Lipinski definition) is 1. The molecule has 1 aromatic heterocycles. The summed E-state index contributed by atoms with van der Waals surface area (Å²) in [5, 5.41) is 2.57. The number of carbonyl (C=O) groups excluding carboxylic acids is 3. The van der Waals surface area contributed by atoms with Crippen molar-refractivity contribution in [3.63, 3.8) is 0 Å². The number of imide groups is 1. The zero-order chi connectivity index (χ0) is 15.7. The van der Waals surface area contributed by atoms with Crippen LogP contribution in [0.1, 0.15) is 26.3 Å². The Bertz CT molecular complexity index is 733. The monoisotopic (exact) mass is 295 g/mol. The Morgan fingerprint density at radius 1 is 1.09 bits per heavy atom. The number of rotatable bonds is 3. The lowest BCUT2D eigenvalue weighted by atomic mass is 10.1. The van der Waals surface area contributed by atoms with E-state index in [2.05, 4.69) is 10.3 Å². The molecule has 22 heavy (non-hydrogen) atoms. The summed E-state index contributed by atoms with van der Waals surface area (Å²) in [6, 6.07) is 10.00. The summed E-state index contributed by atoms with van der Waals surface area (Å²) < 4.78 is 0. The fraction of sp³-hybridized carbons (Fsp3) is 0.125. The van der Waals surface area contributed by atoms with Gasteiger partial charge in [-0.25, -0.2) is 4.98 Å². The molecule has 0 aliphatic carbocycles. The molecule has 6 nitrogen and oxygen atoms in total. The molecule has 2 heterocycles. The van der Waals surface area contributed by atoms with Crippen molar-refractivity contribution in [3.8, 4) is 0 Å². The highest BCUT2D eigenvalue weighted by atomic mass is 16.2. The first-order chi connectivity index (χ1) is 10.6. The molecule has 110 valence electrons. The number of fused-ring (bicyclic) bond motifs is 1. The molecule has 6 heteroatoms. The van der Waals surface area contributed by atoms with Gasteiger partial charge in [-0.3, -0.25) is 19.3 Å². The van der Waals surface area contributed by atoms with Gasteiger partial charge in [0, 0.05) is 6.20 Å². The average molecular weight is 295 g/mol. The number of pyridine rings is 1. The molecule has 3 amide bonds. The topological polar surface area (TPSA) is 79.4 Å². The Morgan fingerprint density at radius 2 is 1.73 bits per heavy atom. The van der Waals surface area contributed by atoms with Gasteiger partial charge < -0.3 is 5.32 Å². The predicted octanol–water partition coefficient (Wildman–Crippen LogP) is 1.62. The minimum Gasteiger partial charge on any atom is -0.309 e. The Labute approximate surface area is 126 Å². The standard InChI is InChI=1S/C16H13N3O3/c1-10-6-7-13(17-8-10)18-14(20)9-19-15(21)11-4-2-3-5-12(11)16(19)22/h2-8H,9H2,1H3,(H,17,18,20). The lowest BCUT2D eigenvalue weighted by molar-refractivity contribution is -0.116. The molecule has 0 spiro atoms. The van der Waals surface area contributed by atoms with Crippen LogP contribution in [0.15, 0.2) is 42.6 Å². The van der Waals surface area contributed by atoms with E-state index in [1.54, 1.807) is 36.5 Å². The fourth-order valence-electron chi connectivity index (χ4n) is 2.25. The van der Waals surface area contributed by atoms with Crippen molar-refractivity contribution in [1.29, 1.82) is 0 Å². The van der Waals surface area contributed by atoms with Gasteiger partial charge in [-0.1, -0.05) is 18.2 Å². The third-order valence-corrected chi connectivity index (χ3v) is 3.36. The summed E-state index contributed by atoms with van der Waals surface area (Å²) in [4.78, 5) is 41.3. The van der Waals surface area contributed by atoms with Gasteiger partial charge in [0.2, 0.25) is 5.91 Å². The van der Waals surface area contributed by atoms with Crippen LogP contribution in [0.25, 0.3) is 0 Å². The molecular formula is C16H13N3O3. The molecule has 1 aliphatic rings. The number of aromatic nitrogens is 1. The molecule has 0 atom stereocenters. The Morgan fingerprint density at radius 3 is 2.27 bits per heavy atom. The Hall–Kier alpha value is -3.02. The molecular weight excluding hydrogens is 282 g/mol. The van der Waals surface area contributed by atoms with E-state index < -0.39 is 17.7 Å². The van der Waals surface area contributed by atoms with Crippen LogP contribution in [-0.4, -0.2) is 34.2 Å². The first-order valence-electron chi connectivity index (χ1n) is 6.74. The molecule has 0 saturated carbocycles. The molecule has 0 fully saturated rings. The van der Waals surface area contributed by atoms with Crippen molar-refractivity contribution in [2.75, 3.05) is 11.9 Å². The van der Waals surface area contributed by atoms with Gasteiger partial charge in [0.15, 0.2) is 0 Å². The number of nitrogens with one attached hydrogen (secondary N) is 1. The van der Waals surface area contributed by atoms with Crippen molar-refractivity contribution in [1.82, 2.24) is 9.88 Å². The Kier molecular flexibility index (Phi) is 3.42. The van der Waals surface area contributed by atoms with Crippen LogP contribution < -0.4 is 5.32 Å². The third-order valence-electron chi connectivity index (χ3n) is 3.36. The fourth-order valence-corrected chi connectivity index (χ4v) is 2.25. The first kappa shape index (κ1) is 13.9. The molecule has 3 rings (SSSR count). The van der Waals surface area contributed by atoms with E-state index in [-0.39, 0.29) is 6.54 Å². The summed E-state index contributed by atoms with van der Waals surface area (Å²) in [5.41, 5.74) is 1.63. The highest BCUT2D eigenvalue weighted by Gasteiger charge is 2.36. The second-order valence-corrected chi connectivity index (χ2v) is 5.01.